The van der Waals surface area contributed by atoms with E-state index in [0.717, 1.165) is 31.4 Å². The molecule has 0 aromatic rings. The highest BCUT2D eigenvalue weighted by atomic mass is 32.2. The Kier molecular flexibility index (Phi) is 6.26. The number of thioether (sulfide) groups is 1. The average molecular weight is 281 g/mol. The van der Waals surface area contributed by atoms with Gasteiger partial charge in [0.2, 0.25) is 10.0 Å². The van der Waals surface area contributed by atoms with Crippen LogP contribution in [-0.2, 0) is 10.0 Å². The van der Waals surface area contributed by atoms with E-state index >= 15 is 0 Å². The van der Waals surface area contributed by atoms with E-state index in [1.54, 1.807) is 16.1 Å². The Labute approximate surface area is 109 Å². The predicted molar refractivity (Wildman–Crippen MR) is 72.8 cm³/mol. The lowest BCUT2D eigenvalue weighted by molar-refractivity contribution is 0.119. The summed E-state index contributed by atoms with van der Waals surface area (Å²) in [5, 5.41) is 9.84. The van der Waals surface area contributed by atoms with Crippen molar-refractivity contribution in [1.29, 1.82) is 0 Å². The summed E-state index contributed by atoms with van der Waals surface area (Å²) in [7, 11) is -3.06. The number of hydrogen-bond acceptors (Lipinski definition) is 4. The van der Waals surface area contributed by atoms with E-state index in [1.807, 2.05) is 6.26 Å². The zero-order valence-corrected chi connectivity index (χ0v) is 12.3. The molecule has 0 saturated carbocycles. The van der Waals surface area contributed by atoms with Gasteiger partial charge in [0.15, 0.2) is 0 Å². The van der Waals surface area contributed by atoms with Crippen molar-refractivity contribution in [3.8, 4) is 0 Å². The molecule has 0 spiro atoms. The summed E-state index contributed by atoms with van der Waals surface area (Å²) in [6.07, 6.45) is 6.48. The number of aliphatic hydroxyl groups is 1. The molecular weight excluding hydrogens is 258 g/mol. The normalized spacial score (nSPS) is 24.8. The van der Waals surface area contributed by atoms with Crippen LogP contribution in [0.1, 0.15) is 25.7 Å². The summed E-state index contributed by atoms with van der Waals surface area (Å²) in [5.74, 6) is 1.28. The zero-order valence-electron chi connectivity index (χ0n) is 10.6. The summed E-state index contributed by atoms with van der Waals surface area (Å²) >= 11 is 1.73. The maximum Gasteiger partial charge on any atom is 0.211 e. The third-order valence-corrected chi connectivity index (χ3v) is 5.12. The van der Waals surface area contributed by atoms with Crippen LogP contribution >= 0.6 is 11.8 Å². The smallest absolute Gasteiger partial charge is 0.211 e. The molecule has 0 bridgehead atoms. The molecule has 0 aliphatic carbocycles. The number of nitrogens with zero attached hydrogens (tertiary/aromatic N) is 1. The predicted octanol–water partition coefficient (Wildman–Crippen LogP) is 1.16. The topological polar surface area (TPSA) is 57.6 Å². The Morgan fingerprint density at radius 2 is 2.24 bits per heavy atom. The van der Waals surface area contributed by atoms with E-state index in [1.165, 1.54) is 6.26 Å². The quantitative estimate of drug-likeness (QED) is 0.794. The van der Waals surface area contributed by atoms with Gasteiger partial charge in [-0.2, -0.15) is 11.8 Å². The molecule has 0 aromatic heterocycles. The molecule has 1 fully saturated rings. The standard InChI is InChI=1S/C11H23NO3S2/c1-16-7-5-11(13)8-10-4-3-6-12(9-10)17(2,14)15/h10-11,13H,3-9H2,1-2H3. The van der Waals surface area contributed by atoms with Gasteiger partial charge >= 0.3 is 0 Å². The number of piperidine rings is 1. The Morgan fingerprint density at radius 1 is 1.53 bits per heavy atom. The first-order valence-corrected chi connectivity index (χ1v) is 9.30. The fourth-order valence-electron chi connectivity index (χ4n) is 2.28. The van der Waals surface area contributed by atoms with Gasteiger partial charge in [-0.3, -0.25) is 0 Å². The van der Waals surface area contributed by atoms with E-state index in [4.69, 9.17) is 0 Å². The largest absolute Gasteiger partial charge is 0.393 e. The lowest BCUT2D eigenvalue weighted by Gasteiger charge is -2.31. The number of rotatable bonds is 6. The van der Waals surface area contributed by atoms with Crippen molar-refractivity contribution >= 4 is 21.8 Å². The summed E-state index contributed by atoms with van der Waals surface area (Å²) in [6.45, 7) is 1.21. The second kappa shape index (κ2) is 6.97. The van der Waals surface area contributed by atoms with Crippen LogP contribution in [0.3, 0.4) is 0 Å². The monoisotopic (exact) mass is 281 g/mol. The number of aliphatic hydroxyl groups excluding tert-OH is 1. The fraction of sp³-hybridized carbons (Fsp3) is 1.00. The van der Waals surface area contributed by atoms with Crippen LogP contribution in [0, 0.1) is 5.92 Å². The van der Waals surface area contributed by atoms with Gasteiger partial charge in [-0.15, -0.1) is 0 Å². The van der Waals surface area contributed by atoms with Gasteiger partial charge in [0.1, 0.15) is 0 Å². The second-order valence-electron chi connectivity index (χ2n) is 4.80. The van der Waals surface area contributed by atoms with Crippen molar-refractivity contribution in [2.75, 3.05) is 31.4 Å². The van der Waals surface area contributed by atoms with Crippen LogP contribution in [-0.4, -0.2) is 55.3 Å². The molecule has 0 radical (unpaired) electrons. The van der Waals surface area contributed by atoms with Crippen molar-refractivity contribution < 1.29 is 13.5 Å². The SMILES string of the molecule is CSCCC(O)CC1CCCN(S(C)(=O)=O)C1. The van der Waals surface area contributed by atoms with Crippen molar-refractivity contribution in [1.82, 2.24) is 4.31 Å². The van der Waals surface area contributed by atoms with Crippen LogP contribution in [0.5, 0.6) is 0 Å². The fourth-order valence-corrected chi connectivity index (χ4v) is 3.73. The minimum Gasteiger partial charge on any atom is -0.393 e. The zero-order chi connectivity index (χ0) is 12.9. The van der Waals surface area contributed by atoms with Gasteiger partial charge in [0.25, 0.3) is 0 Å². The van der Waals surface area contributed by atoms with Gasteiger partial charge in [-0.1, -0.05) is 0 Å². The first kappa shape index (κ1) is 15.3. The molecule has 6 heteroatoms. The molecule has 0 amide bonds. The number of hydrogen-bond donors (Lipinski definition) is 1. The Balaban J connectivity index is 2.39. The molecule has 102 valence electrons. The first-order chi connectivity index (χ1) is 7.93. The third kappa shape index (κ3) is 5.59. The van der Waals surface area contributed by atoms with Gasteiger partial charge in [-0.25, -0.2) is 12.7 Å². The maximum absolute atomic E-state index is 11.4. The molecule has 1 N–H and O–H groups in total. The lowest BCUT2D eigenvalue weighted by atomic mass is 9.93. The molecule has 2 unspecified atom stereocenters. The van der Waals surface area contributed by atoms with Crippen LogP contribution < -0.4 is 0 Å². The summed E-state index contributed by atoms with van der Waals surface area (Å²) in [5.41, 5.74) is 0. The molecular formula is C11H23NO3S2. The van der Waals surface area contributed by atoms with Crippen LogP contribution in [0.15, 0.2) is 0 Å². The Hall–Kier alpha value is 0.220. The van der Waals surface area contributed by atoms with Gasteiger partial charge < -0.3 is 5.11 Å². The van der Waals surface area contributed by atoms with Gasteiger partial charge in [-0.05, 0) is 43.6 Å². The maximum atomic E-state index is 11.4. The van der Waals surface area contributed by atoms with Crippen LogP contribution in [0.2, 0.25) is 0 Å². The number of sulfonamides is 1. The van der Waals surface area contributed by atoms with E-state index in [-0.39, 0.29) is 6.10 Å². The Bertz CT molecular complexity index is 319. The van der Waals surface area contributed by atoms with E-state index in [0.29, 0.717) is 19.0 Å². The van der Waals surface area contributed by atoms with Crippen molar-refractivity contribution in [2.45, 2.75) is 31.8 Å². The highest BCUT2D eigenvalue weighted by Crippen LogP contribution is 2.23. The van der Waals surface area contributed by atoms with Crippen molar-refractivity contribution in [2.24, 2.45) is 5.92 Å². The molecule has 1 heterocycles. The molecule has 0 aromatic carbocycles. The van der Waals surface area contributed by atoms with Crippen molar-refractivity contribution in [3.63, 3.8) is 0 Å². The van der Waals surface area contributed by atoms with Crippen LogP contribution in [0.4, 0.5) is 0 Å². The summed E-state index contributed by atoms with van der Waals surface area (Å²) < 4.78 is 24.4. The van der Waals surface area contributed by atoms with E-state index in [2.05, 4.69) is 0 Å². The third-order valence-electron chi connectivity index (χ3n) is 3.21. The molecule has 1 aliphatic rings. The average Bonchev–Trinajstić information content (AvgIpc) is 2.25. The second-order valence-corrected chi connectivity index (χ2v) is 7.77. The van der Waals surface area contributed by atoms with E-state index < -0.39 is 10.0 Å². The molecule has 4 nitrogen and oxygen atoms in total. The highest BCUT2D eigenvalue weighted by molar-refractivity contribution is 7.98. The minimum atomic E-state index is -3.06. The van der Waals surface area contributed by atoms with Gasteiger partial charge in [0.05, 0.1) is 12.4 Å². The Morgan fingerprint density at radius 3 is 2.82 bits per heavy atom. The van der Waals surface area contributed by atoms with Gasteiger partial charge in [0, 0.05) is 13.1 Å². The van der Waals surface area contributed by atoms with Crippen molar-refractivity contribution in [3.05, 3.63) is 0 Å². The molecule has 17 heavy (non-hydrogen) atoms. The summed E-state index contributed by atoms with van der Waals surface area (Å²) in [6, 6.07) is 0. The molecule has 2 atom stereocenters. The molecule has 1 rings (SSSR count). The minimum absolute atomic E-state index is 0.285. The van der Waals surface area contributed by atoms with E-state index in [9.17, 15) is 13.5 Å². The first-order valence-electron chi connectivity index (χ1n) is 6.05. The van der Waals surface area contributed by atoms with Crippen LogP contribution in [0.25, 0.3) is 0 Å². The molecule has 1 saturated heterocycles. The summed E-state index contributed by atoms with van der Waals surface area (Å²) in [4.78, 5) is 0. The molecule has 1 aliphatic heterocycles. The highest BCUT2D eigenvalue weighted by Gasteiger charge is 2.26. The lowest BCUT2D eigenvalue weighted by Crippen LogP contribution is -2.40.